The first-order valence-electron chi connectivity index (χ1n) is 7.54. The lowest BCUT2D eigenvalue weighted by Gasteiger charge is -2.07. The van der Waals surface area contributed by atoms with E-state index in [0.717, 1.165) is 19.4 Å². The van der Waals surface area contributed by atoms with Crippen LogP contribution in [0.15, 0.2) is 30.5 Å². The summed E-state index contributed by atoms with van der Waals surface area (Å²) in [6.07, 6.45) is 3.67. The lowest BCUT2D eigenvalue weighted by molar-refractivity contribution is 0.102. The van der Waals surface area contributed by atoms with Gasteiger partial charge in [0, 0.05) is 24.5 Å². The second-order valence-electron chi connectivity index (χ2n) is 5.07. The Labute approximate surface area is 134 Å². The Hall–Kier alpha value is -2.83. The molecule has 7 heteroatoms. The molecule has 0 unspecified atom stereocenters. The van der Waals surface area contributed by atoms with Crippen LogP contribution in [0.3, 0.4) is 0 Å². The molecule has 23 heavy (non-hydrogen) atoms. The van der Waals surface area contributed by atoms with Crippen LogP contribution in [0.1, 0.15) is 30.3 Å². The van der Waals surface area contributed by atoms with Crippen molar-refractivity contribution < 1.29 is 14.3 Å². The highest BCUT2D eigenvalue weighted by atomic mass is 16.7. The average molecular weight is 314 g/mol. The fourth-order valence-corrected chi connectivity index (χ4v) is 2.12. The zero-order valence-electron chi connectivity index (χ0n) is 12.8. The minimum absolute atomic E-state index is 0.200. The first-order valence-corrected chi connectivity index (χ1v) is 7.54. The van der Waals surface area contributed by atoms with E-state index in [1.807, 2.05) is 0 Å². The molecule has 120 valence electrons. The van der Waals surface area contributed by atoms with Gasteiger partial charge in [-0.1, -0.05) is 13.3 Å². The first-order chi connectivity index (χ1) is 11.3. The van der Waals surface area contributed by atoms with E-state index in [1.165, 1.54) is 0 Å². The van der Waals surface area contributed by atoms with Crippen LogP contribution in [0.5, 0.6) is 11.5 Å². The topological polar surface area (TPSA) is 85.4 Å². The summed E-state index contributed by atoms with van der Waals surface area (Å²) in [7, 11) is 0. The Kier molecular flexibility index (Phi) is 4.56. The number of carbonyl (C=O) groups is 1. The Morgan fingerprint density at radius 1 is 1.26 bits per heavy atom. The first kappa shape index (κ1) is 15.1. The third kappa shape index (κ3) is 3.68. The maximum absolute atomic E-state index is 12.3. The van der Waals surface area contributed by atoms with Crippen molar-refractivity contribution in [1.82, 2.24) is 9.97 Å². The number of unbranched alkanes of at least 4 members (excludes halogenated alkanes) is 1. The van der Waals surface area contributed by atoms with Gasteiger partial charge in [-0.25, -0.2) is 9.97 Å². The van der Waals surface area contributed by atoms with E-state index < -0.39 is 0 Å². The highest BCUT2D eigenvalue weighted by molar-refractivity contribution is 6.03. The van der Waals surface area contributed by atoms with Gasteiger partial charge >= 0.3 is 0 Å². The molecule has 0 aliphatic carbocycles. The van der Waals surface area contributed by atoms with Crippen molar-refractivity contribution in [2.45, 2.75) is 19.8 Å². The molecule has 1 aromatic heterocycles. The number of anilines is 2. The van der Waals surface area contributed by atoms with Crippen molar-refractivity contribution in [2.75, 3.05) is 24.0 Å². The molecule has 0 saturated carbocycles. The molecule has 1 amide bonds. The molecular formula is C16H18N4O3. The van der Waals surface area contributed by atoms with E-state index in [4.69, 9.17) is 9.47 Å². The highest BCUT2D eigenvalue weighted by Crippen LogP contribution is 2.34. The van der Waals surface area contributed by atoms with Crippen LogP contribution >= 0.6 is 0 Å². The van der Waals surface area contributed by atoms with Gasteiger partial charge < -0.3 is 20.1 Å². The minimum Gasteiger partial charge on any atom is -0.454 e. The second-order valence-corrected chi connectivity index (χ2v) is 5.07. The summed E-state index contributed by atoms with van der Waals surface area (Å²) >= 11 is 0. The molecule has 0 bridgehead atoms. The molecule has 0 spiro atoms. The van der Waals surface area contributed by atoms with E-state index in [-0.39, 0.29) is 12.7 Å². The smallest absolute Gasteiger partial charge is 0.274 e. The summed E-state index contributed by atoms with van der Waals surface area (Å²) < 4.78 is 10.5. The van der Waals surface area contributed by atoms with Gasteiger partial charge in [-0.2, -0.15) is 0 Å². The van der Waals surface area contributed by atoms with E-state index in [1.54, 1.807) is 30.5 Å². The Balaban J connectivity index is 1.67. The third-order valence-electron chi connectivity index (χ3n) is 3.33. The molecule has 2 N–H and O–H groups in total. The fourth-order valence-electron chi connectivity index (χ4n) is 2.12. The van der Waals surface area contributed by atoms with Crippen LogP contribution in [0.2, 0.25) is 0 Å². The van der Waals surface area contributed by atoms with Gasteiger partial charge in [0.05, 0.1) is 0 Å². The van der Waals surface area contributed by atoms with Crippen molar-refractivity contribution in [2.24, 2.45) is 0 Å². The summed E-state index contributed by atoms with van der Waals surface area (Å²) in [4.78, 5) is 20.6. The van der Waals surface area contributed by atoms with Crippen molar-refractivity contribution in [1.29, 1.82) is 0 Å². The average Bonchev–Trinajstić information content (AvgIpc) is 3.03. The van der Waals surface area contributed by atoms with E-state index in [2.05, 4.69) is 27.5 Å². The number of ether oxygens (including phenoxy) is 2. The zero-order valence-corrected chi connectivity index (χ0v) is 12.8. The van der Waals surface area contributed by atoms with Gasteiger partial charge in [0.15, 0.2) is 11.5 Å². The van der Waals surface area contributed by atoms with Gasteiger partial charge in [0.1, 0.15) is 5.69 Å². The summed E-state index contributed by atoms with van der Waals surface area (Å²) in [6, 6.07) is 6.82. The summed E-state index contributed by atoms with van der Waals surface area (Å²) in [6.45, 7) is 3.09. The molecule has 1 aromatic carbocycles. The number of hydrogen-bond donors (Lipinski definition) is 2. The lowest BCUT2D eigenvalue weighted by Crippen LogP contribution is -2.15. The van der Waals surface area contributed by atoms with Crippen molar-refractivity contribution >= 4 is 17.5 Å². The number of nitrogens with zero attached hydrogens (tertiary/aromatic N) is 2. The second kappa shape index (κ2) is 6.95. The van der Waals surface area contributed by atoms with Crippen LogP contribution in [0.4, 0.5) is 11.6 Å². The van der Waals surface area contributed by atoms with Gasteiger partial charge in [0.2, 0.25) is 12.7 Å². The largest absolute Gasteiger partial charge is 0.454 e. The molecule has 0 radical (unpaired) electrons. The van der Waals surface area contributed by atoms with Crippen molar-refractivity contribution in [3.63, 3.8) is 0 Å². The summed E-state index contributed by atoms with van der Waals surface area (Å²) in [5.41, 5.74) is 0.926. The summed E-state index contributed by atoms with van der Waals surface area (Å²) in [5, 5.41) is 5.89. The van der Waals surface area contributed by atoms with E-state index in [9.17, 15) is 4.79 Å². The van der Waals surface area contributed by atoms with Crippen molar-refractivity contribution in [3.05, 3.63) is 36.2 Å². The maximum atomic E-state index is 12.3. The van der Waals surface area contributed by atoms with E-state index >= 15 is 0 Å². The van der Waals surface area contributed by atoms with Crippen LogP contribution in [0, 0.1) is 0 Å². The number of carbonyl (C=O) groups excluding carboxylic acids is 1. The number of rotatable bonds is 6. The number of amides is 1. The number of aromatic nitrogens is 2. The number of benzene rings is 1. The molecule has 2 aromatic rings. The molecule has 0 atom stereocenters. The molecule has 1 aliphatic heterocycles. The Morgan fingerprint density at radius 2 is 2.13 bits per heavy atom. The molecule has 2 heterocycles. The third-order valence-corrected chi connectivity index (χ3v) is 3.33. The van der Waals surface area contributed by atoms with Crippen molar-refractivity contribution in [3.8, 4) is 11.5 Å². The minimum atomic E-state index is -0.301. The normalized spacial score (nSPS) is 12.0. The Bertz CT molecular complexity index is 705. The van der Waals surface area contributed by atoms with E-state index in [0.29, 0.717) is 28.8 Å². The number of nitrogens with one attached hydrogen (secondary N) is 2. The maximum Gasteiger partial charge on any atom is 0.274 e. The van der Waals surface area contributed by atoms with Crippen LogP contribution in [-0.2, 0) is 0 Å². The van der Waals surface area contributed by atoms with Gasteiger partial charge in [-0.05, 0) is 24.6 Å². The molecule has 1 aliphatic rings. The predicted molar refractivity (Wildman–Crippen MR) is 85.9 cm³/mol. The molecular weight excluding hydrogens is 296 g/mol. The van der Waals surface area contributed by atoms with Crippen LogP contribution in [-0.4, -0.2) is 29.2 Å². The fraction of sp³-hybridized carbons (Fsp3) is 0.312. The standard InChI is InChI=1S/C16H18N4O3/c1-2-3-7-17-16-18-8-6-12(20-16)15(21)19-11-4-5-13-14(9-11)23-10-22-13/h4-6,8-9H,2-3,7,10H2,1H3,(H,19,21)(H,17,18,20). The summed E-state index contributed by atoms with van der Waals surface area (Å²) in [5.74, 6) is 1.45. The van der Waals surface area contributed by atoms with Crippen LogP contribution < -0.4 is 20.1 Å². The lowest BCUT2D eigenvalue weighted by atomic mass is 10.2. The van der Waals surface area contributed by atoms with Crippen LogP contribution in [0.25, 0.3) is 0 Å². The quantitative estimate of drug-likeness (QED) is 0.797. The molecule has 3 rings (SSSR count). The van der Waals surface area contributed by atoms with Gasteiger partial charge in [0.25, 0.3) is 5.91 Å². The predicted octanol–water partition coefficient (Wildman–Crippen LogP) is 2.67. The highest BCUT2D eigenvalue weighted by Gasteiger charge is 2.15. The van der Waals surface area contributed by atoms with Gasteiger partial charge in [-0.3, -0.25) is 4.79 Å². The molecule has 0 fully saturated rings. The zero-order chi connectivity index (χ0) is 16.1. The SMILES string of the molecule is CCCCNc1nccc(C(=O)Nc2ccc3c(c2)OCO3)n1. The monoisotopic (exact) mass is 314 g/mol. The molecule has 7 nitrogen and oxygen atoms in total. The number of hydrogen-bond acceptors (Lipinski definition) is 6. The number of fused-ring (bicyclic) bond motifs is 1. The Morgan fingerprint density at radius 3 is 3.00 bits per heavy atom. The van der Waals surface area contributed by atoms with Gasteiger partial charge in [-0.15, -0.1) is 0 Å². The molecule has 0 saturated heterocycles.